The zero-order chi connectivity index (χ0) is 13.4. The van der Waals surface area contributed by atoms with Gasteiger partial charge in [0.2, 0.25) is 0 Å². The van der Waals surface area contributed by atoms with E-state index in [1.54, 1.807) is 22.7 Å². The second kappa shape index (κ2) is 5.03. The zero-order valence-electron chi connectivity index (χ0n) is 11.2. The van der Waals surface area contributed by atoms with E-state index >= 15 is 0 Å². The molecular weight excluding hydrogens is 276 g/mol. The average molecular weight is 292 g/mol. The topological polar surface area (TPSA) is 42.2 Å². The standard InChI is InChI=1S/C13H16N4S2/c1-8-7-19-12(15-8)10(3)14-6-11-9(2)16-13-17(11)4-5-18-13/h4-5,7,10,14H,6H2,1-3H3. The molecule has 0 spiro atoms. The first-order valence-electron chi connectivity index (χ1n) is 6.21. The molecule has 19 heavy (non-hydrogen) atoms. The van der Waals surface area contributed by atoms with Crippen molar-refractivity contribution in [1.82, 2.24) is 19.7 Å². The van der Waals surface area contributed by atoms with Crippen LogP contribution in [0.5, 0.6) is 0 Å². The summed E-state index contributed by atoms with van der Waals surface area (Å²) in [5, 5.41) is 8.83. The van der Waals surface area contributed by atoms with E-state index < -0.39 is 0 Å². The Morgan fingerprint density at radius 1 is 1.32 bits per heavy atom. The molecule has 0 aliphatic carbocycles. The van der Waals surface area contributed by atoms with E-state index in [0.29, 0.717) is 0 Å². The maximum absolute atomic E-state index is 4.56. The van der Waals surface area contributed by atoms with Crippen molar-refractivity contribution in [3.8, 4) is 0 Å². The maximum atomic E-state index is 4.56. The minimum Gasteiger partial charge on any atom is -0.302 e. The summed E-state index contributed by atoms with van der Waals surface area (Å²) in [4.78, 5) is 10.1. The highest BCUT2D eigenvalue weighted by atomic mass is 32.1. The highest BCUT2D eigenvalue weighted by Crippen LogP contribution is 2.20. The van der Waals surface area contributed by atoms with Gasteiger partial charge in [0.05, 0.1) is 17.4 Å². The first kappa shape index (κ1) is 12.8. The molecule has 0 fully saturated rings. The number of nitrogens with zero attached hydrogens (tertiary/aromatic N) is 3. The number of imidazole rings is 1. The summed E-state index contributed by atoms with van der Waals surface area (Å²) < 4.78 is 2.16. The normalized spacial score (nSPS) is 13.2. The van der Waals surface area contributed by atoms with Gasteiger partial charge in [-0.15, -0.1) is 22.7 Å². The molecule has 0 aliphatic heterocycles. The summed E-state index contributed by atoms with van der Waals surface area (Å²) in [7, 11) is 0. The molecule has 0 aromatic carbocycles. The van der Waals surface area contributed by atoms with E-state index in [1.807, 2.05) is 6.92 Å². The number of rotatable bonds is 4. The SMILES string of the molecule is Cc1csc(C(C)NCc2c(C)nc3sccn23)n1. The predicted molar refractivity (Wildman–Crippen MR) is 79.9 cm³/mol. The van der Waals surface area contributed by atoms with Crippen LogP contribution in [-0.2, 0) is 6.54 Å². The number of hydrogen-bond donors (Lipinski definition) is 1. The first-order valence-corrected chi connectivity index (χ1v) is 7.97. The molecule has 0 aliphatic rings. The lowest BCUT2D eigenvalue weighted by Crippen LogP contribution is -2.19. The molecule has 0 radical (unpaired) electrons. The number of nitrogens with one attached hydrogen (secondary N) is 1. The molecule has 1 atom stereocenters. The van der Waals surface area contributed by atoms with Crippen molar-refractivity contribution >= 4 is 27.6 Å². The summed E-state index contributed by atoms with van der Waals surface area (Å²) in [6.07, 6.45) is 2.08. The number of thiazole rings is 2. The van der Waals surface area contributed by atoms with Crippen molar-refractivity contribution in [1.29, 1.82) is 0 Å². The van der Waals surface area contributed by atoms with E-state index in [-0.39, 0.29) is 6.04 Å². The fraction of sp³-hybridized carbons (Fsp3) is 0.385. The molecule has 1 unspecified atom stereocenters. The van der Waals surface area contributed by atoms with Gasteiger partial charge in [-0.2, -0.15) is 0 Å². The van der Waals surface area contributed by atoms with E-state index in [0.717, 1.165) is 27.9 Å². The van der Waals surface area contributed by atoms with Crippen LogP contribution in [0.1, 0.15) is 35.1 Å². The Balaban J connectivity index is 1.75. The average Bonchev–Trinajstić information content (AvgIpc) is 3.03. The highest BCUT2D eigenvalue weighted by Gasteiger charge is 2.13. The van der Waals surface area contributed by atoms with Gasteiger partial charge in [-0.25, -0.2) is 9.97 Å². The van der Waals surface area contributed by atoms with Crippen LogP contribution in [0.25, 0.3) is 4.96 Å². The molecule has 3 heterocycles. The Hall–Kier alpha value is -1.24. The van der Waals surface area contributed by atoms with Crippen LogP contribution in [0.4, 0.5) is 0 Å². The van der Waals surface area contributed by atoms with Crippen LogP contribution >= 0.6 is 22.7 Å². The fourth-order valence-electron chi connectivity index (χ4n) is 2.06. The third kappa shape index (κ3) is 2.43. The summed E-state index contributed by atoms with van der Waals surface area (Å²) in [5.41, 5.74) is 3.42. The molecule has 100 valence electrons. The molecule has 0 bridgehead atoms. The molecule has 0 amide bonds. The Kier molecular flexibility index (Phi) is 3.38. The summed E-state index contributed by atoms with van der Waals surface area (Å²) in [6, 6.07) is 0.266. The first-order chi connectivity index (χ1) is 9.15. The smallest absolute Gasteiger partial charge is 0.194 e. The quantitative estimate of drug-likeness (QED) is 0.802. The molecule has 4 nitrogen and oxygen atoms in total. The third-order valence-corrected chi connectivity index (χ3v) is 5.05. The van der Waals surface area contributed by atoms with Crippen molar-refractivity contribution in [3.05, 3.63) is 39.0 Å². The Morgan fingerprint density at radius 3 is 2.89 bits per heavy atom. The molecule has 0 saturated carbocycles. The van der Waals surface area contributed by atoms with Crippen molar-refractivity contribution in [2.75, 3.05) is 0 Å². The summed E-state index contributed by atoms with van der Waals surface area (Å²) in [5.74, 6) is 0. The van der Waals surface area contributed by atoms with Gasteiger partial charge in [0.25, 0.3) is 0 Å². The van der Waals surface area contributed by atoms with Crippen molar-refractivity contribution in [2.45, 2.75) is 33.4 Å². The maximum Gasteiger partial charge on any atom is 0.194 e. The van der Waals surface area contributed by atoms with Gasteiger partial charge in [-0.1, -0.05) is 0 Å². The molecule has 1 N–H and O–H groups in total. The summed E-state index contributed by atoms with van der Waals surface area (Å²) in [6.45, 7) is 7.06. The van der Waals surface area contributed by atoms with Gasteiger partial charge in [0.15, 0.2) is 4.96 Å². The summed E-state index contributed by atoms with van der Waals surface area (Å²) >= 11 is 3.38. The van der Waals surface area contributed by atoms with Gasteiger partial charge >= 0.3 is 0 Å². The zero-order valence-corrected chi connectivity index (χ0v) is 12.8. The minimum atomic E-state index is 0.266. The Morgan fingerprint density at radius 2 is 2.16 bits per heavy atom. The van der Waals surface area contributed by atoms with Crippen LogP contribution in [0, 0.1) is 13.8 Å². The van der Waals surface area contributed by atoms with Gasteiger partial charge in [0.1, 0.15) is 5.01 Å². The molecule has 3 aromatic heterocycles. The molecular formula is C13H16N4S2. The van der Waals surface area contributed by atoms with E-state index in [1.165, 1.54) is 5.69 Å². The fourth-order valence-corrected chi connectivity index (χ4v) is 3.67. The highest BCUT2D eigenvalue weighted by molar-refractivity contribution is 7.15. The molecule has 6 heteroatoms. The van der Waals surface area contributed by atoms with E-state index in [9.17, 15) is 0 Å². The molecule has 0 saturated heterocycles. The largest absolute Gasteiger partial charge is 0.302 e. The van der Waals surface area contributed by atoms with Gasteiger partial charge in [-0.3, -0.25) is 4.40 Å². The van der Waals surface area contributed by atoms with E-state index in [4.69, 9.17) is 0 Å². The van der Waals surface area contributed by atoms with Crippen molar-refractivity contribution in [3.63, 3.8) is 0 Å². The number of aryl methyl sites for hydroxylation is 2. The predicted octanol–water partition coefficient (Wildman–Crippen LogP) is 3.32. The Labute approximate surface area is 120 Å². The lowest BCUT2D eigenvalue weighted by atomic mass is 10.3. The number of aromatic nitrogens is 3. The molecule has 3 aromatic rings. The monoisotopic (exact) mass is 292 g/mol. The van der Waals surface area contributed by atoms with Gasteiger partial charge < -0.3 is 5.32 Å². The number of fused-ring (bicyclic) bond motifs is 1. The van der Waals surface area contributed by atoms with Crippen LogP contribution in [-0.4, -0.2) is 14.4 Å². The third-order valence-electron chi connectivity index (χ3n) is 3.14. The number of hydrogen-bond acceptors (Lipinski definition) is 5. The van der Waals surface area contributed by atoms with Crippen molar-refractivity contribution in [2.24, 2.45) is 0 Å². The van der Waals surface area contributed by atoms with Gasteiger partial charge in [-0.05, 0) is 20.8 Å². The molecule has 3 rings (SSSR count). The van der Waals surface area contributed by atoms with Crippen LogP contribution < -0.4 is 5.32 Å². The second-order valence-corrected chi connectivity index (χ2v) is 6.39. The Bertz CT molecular complexity index is 694. The second-order valence-electron chi connectivity index (χ2n) is 4.63. The van der Waals surface area contributed by atoms with Crippen LogP contribution in [0.3, 0.4) is 0 Å². The lowest BCUT2D eigenvalue weighted by molar-refractivity contribution is 0.561. The van der Waals surface area contributed by atoms with Gasteiger partial charge in [0, 0.05) is 29.2 Å². The van der Waals surface area contributed by atoms with E-state index in [2.05, 4.69) is 50.5 Å². The van der Waals surface area contributed by atoms with Crippen molar-refractivity contribution < 1.29 is 0 Å². The lowest BCUT2D eigenvalue weighted by Gasteiger charge is -2.11. The van der Waals surface area contributed by atoms with Crippen LogP contribution in [0.2, 0.25) is 0 Å². The minimum absolute atomic E-state index is 0.266. The van der Waals surface area contributed by atoms with Crippen LogP contribution in [0.15, 0.2) is 17.0 Å².